The fourth-order valence-corrected chi connectivity index (χ4v) is 2.69. The molecule has 0 fully saturated rings. The van der Waals surface area contributed by atoms with Crippen LogP contribution < -0.4 is 0 Å². The highest BCUT2D eigenvalue weighted by Gasteiger charge is 1.97. The van der Waals surface area contributed by atoms with E-state index in [1.165, 1.54) is 75.5 Å². The van der Waals surface area contributed by atoms with Gasteiger partial charge in [-0.3, -0.25) is 0 Å². The van der Waals surface area contributed by atoms with Gasteiger partial charge in [-0.05, 0) is 58.0 Å². The van der Waals surface area contributed by atoms with Gasteiger partial charge in [0.05, 0.1) is 0 Å². The molecule has 0 aliphatic carbocycles. The van der Waals surface area contributed by atoms with Crippen molar-refractivity contribution in [2.24, 2.45) is 0 Å². The van der Waals surface area contributed by atoms with E-state index >= 15 is 0 Å². The molecule has 0 unspecified atom stereocenters. The van der Waals surface area contributed by atoms with Gasteiger partial charge in [-0.2, -0.15) is 0 Å². The van der Waals surface area contributed by atoms with Gasteiger partial charge in [0.1, 0.15) is 0 Å². The van der Waals surface area contributed by atoms with E-state index in [2.05, 4.69) is 50.2 Å². The first-order chi connectivity index (χ1) is 9.70. The first kappa shape index (κ1) is 17.2. The molecule has 0 aliphatic heterocycles. The van der Waals surface area contributed by atoms with E-state index in [1.54, 1.807) is 0 Å². The van der Waals surface area contributed by atoms with E-state index in [1.807, 2.05) is 0 Å². The topological polar surface area (TPSA) is 3.24 Å². The highest BCUT2D eigenvalue weighted by molar-refractivity contribution is 5.25. The predicted molar refractivity (Wildman–Crippen MR) is 90.4 cm³/mol. The molecule has 1 heteroatoms. The summed E-state index contributed by atoms with van der Waals surface area (Å²) in [5.74, 6) is 0. The maximum Gasteiger partial charge on any atom is -0.00248 e. The summed E-state index contributed by atoms with van der Waals surface area (Å²) < 4.78 is 0. The number of hydrogen-bond donors (Lipinski definition) is 0. The maximum absolute atomic E-state index is 2.28. The van der Waals surface area contributed by atoms with Crippen molar-refractivity contribution in [2.75, 3.05) is 20.6 Å². The normalized spacial score (nSPS) is 11.2. The van der Waals surface area contributed by atoms with Crippen LogP contribution in [0.4, 0.5) is 0 Å². The average molecular weight is 275 g/mol. The van der Waals surface area contributed by atoms with Crippen molar-refractivity contribution in [2.45, 2.75) is 64.7 Å². The van der Waals surface area contributed by atoms with Gasteiger partial charge >= 0.3 is 0 Å². The molecule has 1 aromatic rings. The minimum absolute atomic E-state index is 1.25. The summed E-state index contributed by atoms with van der Waals surface area (Å²) in [5.41, 5.74) is 2.99. The Labute approximate surface area is 126 Å². The van der Waals surface area contributed by atoms with Gasteiger partial charge in [0.2, 0.25) is 0 Å². The predicted octanol–water partition coefficient (Wildman–Crippen LogP) is 5.22. The fourth-order valence-electron chi connectivity index (χ4n) is 2.69. The molecule has 1 rings (SSSR count). The molecule has 0 spiro atoms. The van der Waals surface area contributed by atoms with Crippen molar-refractivity contribution in [3.63, 3.8) is 0 Å². The minimum atomic E-state index is 1.25. The van der Waals surface area contributed by atoms with Crippen LogP contribution in [0.15, 0.2) is 24.3 Å². The van der Waals surface area contributed by atoms with Gasteiger partial charge in [-0.25, -0.2) is 0 Å². The zero-order valence-corrected chi connectivity index (χ0v) is 13.8. The molecular formula is C19H33N. The molecule has 114 valence electrons. The fraction of sp³-hybridized carbons (Fsp3) is 0.684. The molecule has 0 saturated carbocycles. The molecule has 0 heterocycles. The molecule has 0 aromatic heterocycles. The molecular weight excluding hydrogens is 242 g/mol. The van der Waals surface area contributed by atoms with Gasteiger partial charge in [0.25, 0.3) is 0 Å². The molecule has 0 saturated heterocycles. The average Bonchev–Trinajstić information content (AvgIpc) is 2.42. The third-order valence-corrected chi connectivity index (χ3v) is 4.06. The maximum atomic E-state index is 2.28. The van der Waals surface area contributed by atoms with Gasteiger partial charge in [0, 0.05) is 0 Å². The second kappa shape index (κ2) is 10.9. The van der Waals surface area contributed by atoms with Crippen molar-refractivity contribution in [1.29, 1.82) is 0 Å². The van der Waals surface area contributed by atoms with E-state index in [9.17, 15) is 0 Å². The largest absolute Gasteiger partial charge is 0.309 e. The summed E-state index contributed by atoms with van der Waals surface area (Å²) in [5, 5.41) is 0. The van der Waals surface area contributed by atoms with E-state index in [0.29, 0.717) is 0 Å². The van der Waals surface area contributed by atoms with Crippen molar-refractivity contribution >= 4 is 0 Å². The molecule has 0 amide bonds. The zero-order valence-electron chi connectivity index (χ0n) is 13.8. The van der Waals surface area contributed by atoms with Crippen molar-refractivity contribution in [1.82, 2.24) is 4.90 Å². The Morgan fingerprint density at radius 3 is 1.90 bits per heavy atom. The number of hydrogen-bond acceptors (Lipinski definition) is 1. The Kier molecular flexibility index (Phi) is 9.40. The molecule has 1 nitrogen and oxygen atoms in total. The lowest BCUT2D eigenvalue weighted by Crippen LogP contribution is -2.12. The van der Waals surface area contributed by atoms with E-state index < -0.39 is 0 Å². The van der Waals surface area contributed by atoms with Crippen LogP contribution in [-0.4, -0.2) is 25.5 Å². The Hall–Kier alpha value is -0.820. The third kappa shape index (κ3) is 8.37. The lowest BCUT2D eigenvalue weighted by molar-refractivity contribution is 0.389. The zero-order chi connectivity index (χ0) is 14.6. The summed E-state index contributed by atoms with van der Waals surface area (Å²) in [6.45, 7) is 3.47. The molecule has 20 heavy (non-hydrogen) atoms. The second-order valence-electron chi connectivity index (χ2n) is 6.31. The quantitative estimate of drug-likeness (QED) is 0.500. The Morgan fingerprint density at radius 1 is 0.750 bits per heavy atom. The Balaban J connectivity index is 1.89. The van der Waals surface area contributed by atoms with Gasteiger partial charge < -0.3 is 4.90 Å². The van der Waals surface area contributed by atoms with Crippen molar-refractivity contribution < 1.29 is 0 Å². The highest BCUT2D eigenvalue weighted by Crippen LogP contribution is 2.13. The van der Waals surface area contributed by atoms with Crippen LogP contribution in [0.1, 0.15) is 62.5 Å². The Morgan fingerprint density at radius 2 is 1.30 bits per heavy atom. The summed E-state index contributed by atoms with van der Waals surface area (Å²) in [6.07, 6.45) is 12.5. The second-order valence-corrected chi connectivity index (χ2v) is 6.31. The number of unbranched alkanes of at least 4 members (excludes halogenated alkanes) is 7. The monoisotopic (exact) mass is 275 g/mol. The number of nitrogens with zero attached hydrogens (tertiary/aromatic N) is 1. The standard InChI is InChI=1S/C19H33N/c1-18-14-11-12-16-19(18)15-10-8-6-4-5-7-9-13-17-20(2)3/h11-12,14,16H,4-10,13,15,17H2,1-3H3. The molecule has 0 N–H and O–H groups in total. The van der Waals surface area contributed by atoms with Crippen molar-refractivity contribution in [3.05, 3.63) is 35.4 Å². The lowest BCUT2D eigenvalue weighted by Gasteiger charge is -2.08. The molecule has 0 radical (unpaired) electrons. The van der Waals surface area contributed by atoms with E-state index in [-0.39, 0.29) is 0 Å². The lowest BCUT2D eigenvalue weighted by atomic mass is 10.0. The van der Waals surface area contributed by atoms with Crippen LogP contribution in [-0.2, 0) is 6.42 Å². The SMILES string of the molecule is Cc1ccccc1CCCCCCCCCCN(C)C. The van der Waals surface area contributed by atoms with Crippen LogP contribution >= 0.6 is 0 Å². The van der Waals surface area contributed by atoms with E-state index in [0.717, 1.165) is 0 Å². The van der Waals surface area contributed by atoms with Crippen LogP contribution in [0, 0.1) is 6.92 Å². The highest BCUT2D eigenvalue weighted by atomic mass is 15.0. The summed E-state index contributed by atoms with van der Waals surface area (Å²) in [4.78, 5) is 2.28. The van der Waals surface area contributed by atoms with Gasteiger partial charge in [-0.1, -0.05) is 62.8 Å². The number of rotatable bonds is 11. The molecule has 0 atom stereocenters. The number of aryl methyl sites for hydroxylation is 2. The van der Waals surface area contributed by atoms with Crippen molar-refractivity contribution in [3.8, 4) is 0 Å². The summed E-state index contributed by atoms with van der Waals surface area (Å²) in [7, 11) is 4.32. The summed E-state index contributed by atoms with van der Waals surface area (Å²) >= 11 is 0. The van der Waals surface area contributed by atoms with Crippen LogP contribution in [0.3, 0.4) is 0 Å². The minimum Gasteiger partial charge on any atom is -0.309 e. The van der Waals surface area contributed by atoms with Crippen LogP contribution in [0.25, 0.3) is 0 Å². The first-order valence-corrected chi connectivity index (χ1v) is 8.39. The molecule has 1 aromatic carbocycles. The first-order valence-electron chi connectivity index (χ1n) is 8.39. The Bertz CT molecular complexity index is 343. The number of benzene rings is 1. The van der Waals surface area contributed by atoms with Gasteiger partial charge in [0.15, 0.2) is 0 Å². The smallest absolute Gasteiger partial charge is 0.00248 e. The third-order valence-electron chi connectivity index (χ3n) is 4.06. The van der Waals surface area contributed by atoms with Crippen LogP contribution in [0.5, 0.6) is 0 Å². The van der Waals surface area contributed by atoms with Gasteiger partial charge in [-0.15, -0.1) is 0 Å². The van der Waals surface area contributed by atoms with E-state index in [4.69, 9.17) is 0 Å². The molecule has 0 bridgehead atoms. The van der Waals surface area contributed by atoms with Crippen LogP contribution in [0.2, 0.25) is 0 Å². The summed E-state index contributed by atoms with van der Waals surface area (Å²) in [6, 6.07) is 8.80. The molecule has 0 aliphatic rings.